The highest BCUT2D eigenvalue weighted by atomic mass is 16.5. The maximum atomic E-state index is 10.6. The minimum absolute atomic E-state index is 0.0840. The van der Waals surface area contributed by atoms with Gasteiger partial charge in [0.2, 0.25) is 0 Å². The third-order valence-electron chi connectivity index (χ3n) is 2.34. The molecule has 0 aliphatic heterocycles. The van der Waals surface area contributed by atoms with Crippen molar-refractivity contribution in [3.8, 4) is 0 Å². The predicted octanol–water partition coefficient (Wildman–Crippen LogP) is 2.85. The summed E-state index contributed by atoms with van der Waals surface area (Å²) in [6.45, 7) is 2.51. The quantitative estimate of drug-likeness (QED) is 0.771. The number of carboxylic acid groups (broad SMARTS) is 1. The molecule has 0 radical (unpaired) electrons. The van der Waals surface area contributed by atoms with Crippen LogP contribution in [0.2, 0.25) is 0 Å². The van der Waals surface area contributed by atoms with Crippen LogP contribution in [0.4, 0.5) is 0 Å². The molecule has 1 unspecified atom stereocenters. The molecule has 0 fully saturated rings. The standard InChI is InChI=1S/C13H18O3/c1-2-6-12(9-13(14)15)16-10-11-7-4-3-5-8-11/h3-5,7-8,12H,2,6,9-10H2,1H3,(H,14,15). The van der Waals surface area contributed by atoms with E-state index in [1.165, 1.54) is 0 Å². The Kier molecular flexibility index (Phi) is 5.57. The van der Waals surface area contributed by atoms with Crippen molar-refractivity contribution in [1.82, 2.24) is 0 Å². The van der Waals surface area contributed by atoms with E-state index >= 15 is 0 Å². The van der Waals surface area contributed by atoms with Gasteiger partial charge in [-0.2, -0.15) is 0 Å². The maximum Gasteiger partial charge on any atom is 0.305 e. The van der Waals surface area contributed by atoms with Gasteiger partial charge in [0.05, 0.1) is 19.1 Å². The largest absolute Gasteiger partial charge is 0.481 e. The van der Waals surface area contributed by atoms with E-state index in [4.69, 9.17) is 9.84 Å². The van der Waals surface area contributed by atoms with Gasteiger partial charge in [0.15, 0.2) is 0 Å². The van der Waals surface area contributed by atoms with Crippen LogP contribution in [0.15, 0.2) is 30.3 Å². The Hall–Kier alpha value is -1.35. The fraction of sp³-hybridized carbons (Fsp3) is 0.462. The first kappa shape index (κ1) is 12.7. The minimum atomic E-state index is -0.800. The first-order valence-corrected chi connectivity index (χ1v) is 5.59. The molecule has 0 spiro atoms. The van der Waals surface area contributed by atoms with Gasteiger partial charge in [-0.1, -0.05) is 43.7 Å². The summed E-state index contributed by atoms with van der Waals surface area (Å²) in [6.07, 6.45) is 1.63. The smallest absolute Gasteiger partial charge is 0.305 e. The molecule has 0 amide bonds. The molecule has 0 aliphatic rings. The summed E-state index contributed by atoms with van der Waals surface area (Å²) in [4.78, 5) is 10.6. The van der Waals surface area contributed by atoms with Crippen LogP contribution in [0.1, 0.15) is 31.7 Å². The molecule has 1 N–H and O–H groups in total. The van der Waals surface area contributed by atoms with E-state index < -0.39 is 5.97 Å². The van der Waals surface area contributed by atoms with Crippen LogP contribution in [0.5, 0.6) is 0 Å². The molecular formula is C13H18O3. The maximum absolute atomic E-state index is 10.6. The lowest BCUT2D eigenvalue weighted by Gasteiger charge is -2.15. The lowest BCUT2D eigenvalue weighted by molar-refractivity contribution is -0.140. The zero-order valence-corrected chi connectivity index (χ0v) is 9.56. The van der Waals surface area contributed by atoms with Crippen molar-refractivity contribution >= 4 is 5.97 Å². The Bertz CT molecular complexity index is 308. The summed E-state index contributed by atoms with van der Waals surface area (Å²) in [7, 11) is 0. The zero-order chi connectivity index (χ0) is 11.8. The van der Waals surface area contributed by atoms with Crippen molar-refractivity contribution in [3.63, 3.8) is 0 Å². The van der Waals surface area contributed by atoms with Gasteiger partial charge < -0.3 is 9.84 Å². The van der Waals surface area contributed by atoms with Gasteiger partial charge in [-0.25, -0.2) is 0 Å². The second kappa shape index (κ2) is 7.01. The molecule has 0 aliphatic carbocycles. The number of hydrogen-bond acceptors (Lipinski definition) is 2. The van der Waals surface area contributed by atoms with Crippen LogP contribution in [-0.2, 0) is 16.1 Å². The van der Waals surface area contributed by atoms with Crippen molar-refractivity contribution in [1.29, 1.82) is 0 Å². The zero-order valence-electron chi connectivity index (χ0n) is 9.56. The Balaban J connectivity index is 2.40. The highest BCUT2D eigenvalue weighted by Gasteiger charge is 2.12. The molecule has 0 saturated heterocycles. The number of rotatable bonds is 7. The number of benzene rings is 1. The molecule has 0 saturated carbocycles. The van der Waals surface area contributed by atoms with Crippen LogP contribution in [0.25, 0.3) is 0 Å². The van der Waals surface area contributed by atoms with E-state index in [2.05, 4.69) is 0 Å². The van der Waals surface area contributed by atoms with Gasteiger partial charge in [-0.3, -0.25) is 4.79 Å². The van der Waals surface area contributed by atoms with Gasteiger partial charge in [0, 0.05) is 0 Å². The first-order chi connectivity index (χ1) is 7.72. The highest BCUT2D eigenvalue weighted by Crippen LogP contribution is 2.10. The molecule has 0 bridgehead atoms. The summed E-state index contributed by atoms with van der Waals surface area (Å²) >= 11 is 0. The molecule has 88 valence electrons. The molecule has 3 nitrogen and oxygen atoms in total. The highest BCUT2D eigenvalue weighted by molar-refractivity contribution is 5.67. The topological polar surface area (TPSA) is 46.5 Å². The molecule has 1 atom stereocenters. The van der Waals surface area contributed by atoms with Crippen LogP contribution in [0, 0.1) is 0 Å². The van der Waals surface area contributed by atoms with Crippen LogP contribution in [0.3, 0.4) is 0 Å². The summed E-state index contributed by atoms with van der Waals surface area (Å²) in [5.74, 6) is -0.800. The minimum Gasteiger partial charge on any atom is -0.481 e. The normalized spacial score (nSPS) is 12.3. The molecule has 1 rings (SSSR count). The molecule has 1 aromatic rings. The Morgan fingerprint density at radius 2 is 2.06 bits per heavy atom. The van der Waals surface area contributed by atoms with Gasteiger partial charge in [0.1, 0.15) is 0 Å². The fourth-order valence-electron chi connectivity index (χ4n) is 1.55. The number of carboxylic acids is 1. The third kappa shape index (κ3) is 4.94. The lowest BCUT2D eigenvalue weighted by Crippen LogP contribution is -2.17. The predicted molar refractivity (Wildman–Crippen MR) is 62.2 cm³/mol. The molecular weight excluding hydrogens is 204 g/mol. The second-order valence-electron chi connectivity index (χ2n) is 3.81. The van der Waals surface area contributed by atoms with Crippen molar-refractivity contribution < 1.29 is 14.6 Å². The lowest BCUT2D eigenvalue weighted by atomic mass is 10.1. The summed E-state index contributed by atoms with van der Waals surface area (Å²) in [6, 6.07) is 9.80. The number of carbonyl (C=O) groups is 1. The average Bonchev–Trinajstić information content (AvgIpc) is 2.27. The third-order valence-corrected chi connectivity index (χ3v) is 2.34. The van der Waals surface area contributed by atoms with E-state index in [-0.39, 0.29) is 12.5 Å². The fourth-order valence-corrected chi connectivity index (χ4v) is 1.55. The SMILES string of the molecule is CCCC(CC(=O)O)OCc1ccccc1. The summed E-state index contributed by atoms with van der Waals surface area (Å²) < 4.78 is 5.60. The van der Waals surface area contributed by atoms with E-state index in [0.717, 1.165) is 18.4 Å². The number of ether oxygens (including phenoxy) is 1. The van der Waals surface area contributed by atoms with E-state index in [1.54, 1.807) is 0 Å². The monoisotopic (exact) mass is 222 g/mol. The van der Waals surface area contributed by atoms with E-state index in [0.29, 0.717) is 6.61 Å². The molecule has 1 aromatic carbocycles. The number of aliphatic carboxylic acids is 1. The molecule has 0 aromatic heterocycles. The molecule has 16 heavy (non-hydrogen) atoms. The van der Waals surface area contributed by atoms with Gasteiger partial charge in [-0.15, -0.1) is 0 Å². The Morgan fingerprint density at radius 1 is 1.38 bits per heavy atom. The van der Waals surface area contributed by atoms with Crippen LogP contribution < -0.4 is 0 Å². The van der Waals surface area contributed by atoms with Crippen molar-refractivity contribution in [2.24, 2.45) is 0 Å². The van der Waals surface area contributed by atoms with Gasteiger partial charge in [-0.05, 0) is 12.0 Å². The van der Waals surface area contributed by atoms with Crippen LogP contribution >= 0.6 is 0 Å². The Labute approximate surface area is 96.1 Å². The summed E-state index contributed by atoms with van der Waals surface area (Å²) in [5.41, 5.74) is 1.08. The number of hydrogen-bond donors (Lipinski definition) is 1. The van der Waals surface area contributed by atoms with Crippen molar-refractivity contribution in [2.45, 2.75) is 38.9 Å². The first-order valence-electron chi connectivity index (χ1n) is 5.59. The van der Waals surface area contributed by atoms with Gasteiger partial charge in [0.25, 0.3) is 0 Å². The average molecular weight is 222 g/mol. The van der Waals surface area contributed by atoms with E-state index in [1.807, 2.05) is 37.3 Å². The molecule has 0 heterocycles. The van der Waals surface area contributed by atoms with Crippen molar-refractivity contribution in [2.75, 3.05) is 0 Å². The van der Waals surface area contributed by atoms with Gasteiger partial charge >= 0.3 is 5.97 Å². The summed E-state index contributed by atoms with van der Waals surface area (Å²) in [5, 5.41) is 8.73. The van der Waals surface area contributed by atoms with Crippen molar-refractivity contribution in [3.05, 3.63) is 35.9 Å². The Morgan fingerprint density at radius 3 is 2.62 bits per heavy atom. The van der Waals surface area contributed by atoms with E-state index in [9.17, 15) is 4.79 Å². The second-order valence-corrected chi connectivity index (χ2v) is 3.81. The molecule has 3 heteroatoms. The van der Waals surface area contributed by atoms with Crippen LogP contribution in [-0.4, -0.2) is 17.2 Å².